The molecule has 5 heteroatoms. The standard InChI is InChI=1S/C16H22ClN3S/c1-12-5-2-3-9-20(12)10-4-8-18-16-19-14-11-13(17)6-7-15(14)21-16/h6-7,11-12H,2-5,8-10H2,1H3,(H,18,19). The van der Waals surface area contributed by atoms with Crippen molar-refractivity contribution in [1.82, 2.24) is 9.88 Å². The molecule has 21 heavy (non-hydrogen) atoms. The summed E-state index contributed by atoms with van der Waals surface area (Å²) in [4.78, 5) is 7.20. The summed E-state index contributed by atoms with van der Waals surface area (Å²) in [5.41, 5.74) is 0.986. The Morgan fingerprint density at radius 1 is 1.43 bits per heavy atom. The zero-order valence-electron chi connectivity index (χ0n) is 12.4. The highest BCUT2D eigenvalue weighted by Gasteiger charge is 2.17. The van der Waals surface area contributed by atoms with Gasteiger partial charge in [0.25, 0.3) is 0 Å². The van der Waals surface area contributed by atoms with Gasteiger partial charge in [-0.1, -0.05) is 29.4 Å². The minimum atomic E-state index is 0.749. The van der Waals surface area contributed by atoms with Crippen LogP contribution in [0.15, 0.2) is 18.2 Å². The van der Waals surface area contributed by atoms with Gasteiger partial charge in [0.05, 0.1) is 10.2 Å². The second-order valence-electron chi connectivity index (χ2n) is 5.79. The normalized spacial score (nSPS) is 20.0. The highest BCUT2D eigenvalue weighted by atomic mass is 35.5. The summed E-state index contributed by atoms with van der Waals surface area (Å²) >= 11 is 7.69. The second-order valence-corrected chi connectivity index (χ2v) is 7.26. The molecule has 1 atom stereocenters. The maximum atomic E-state index is 5.99. The number of aromatic nitrogens is 1. The molecule has 2 heterocycles. The zero-order valence-corrected chi connectivity index (χ0v) is 14.0. The van der Waals surface area contributed by atoms with Crippen molar-refractivity contribution in [3.63, 3.8) is 0 Å². The Morgan fingerprint density at radius 3 is 3.19 bits per heavy atom. The summed E-state index contributed by atoms with van der Waals surface area (Å²) < 4.78 is 1.19. The van der Waals surface area contributed by atoms with Crippen LogP contribution in [0.25, 0.3) is 10.2 Å². The molecule has 1 aliphatic heterocycles. The van der Waals surface area contributed by atoms with Gasteiger partial charge in [-0.3, -0.25) is 0 Å². The predicted molar refractivity (Wildman–Crippen MR) is 92.6 cm³/mol. The lowest BCUT2D eigenvalue weighted by molar-refractivity contribution is 0.160. The molecular weight excluding hydrogens is 302 g/mol. The van der Waals surface area contributed by atoms with Crippen molar-refractivity contribution in [3.8, 4) is 0 Å². The Labute approximate surface area is 135 Å². The van der Waals surface area contributed by atoms with E-state index in [4.69, 9.17) is 11.6 Å². The minimum Gasteiger partial charge on any atom is -0.361 e. The third-order valence-corrected chi connectivity index (χ3v) is 5.42. The van der Waals surface area contributed by atoms with Crippen LogP contribution in [-0.2, 0) is 0 Å². The molecule has 3 nitrogen and oxygen atoms in total. The van der Waals surface area contributed by atoms with Crippen LogP contribution in [0.5, 0.6) is 0 Å². The van der Waals surface area contributed by atoms with Gasteiger partial charge in [0.1, 0.15) is 0 Å². The third-order valence-electron chi connectivity index (χ3n) is 4.19. The number of hydrogen-bond donors (Lipinski definition) is 1. The smallest absolute Gasteiger partial charge is 0.183 e. The van der Waals surface area contributed by atoms with Gasteiger partial charge in [-0.05, 0) is 50.9 Å². The van der Waals surface area contributed by atoms with E-state index in [0.29, 0.717) is 0 Å². The van der Waals surface area contributed by atoms with Gasteiger partial charge >= 0.3 is 0 Å². The van der Waals surface area contributed by atoms with Gasteiger partial charge in [-0.2, -0.15) is 0 Å². The number of nitrogens with zero attached hydrogens (tertiary/aromatic N) is 2. The molecule has 1 fully saturated rings. The number of fused-ring (bicyclic) bond motifs is 1. The minimum absolute atomic E-state index is 0.749. The topological polar surface area (TPSA) is 28.2 Å². The molecule has 0 radical (unpaired) electrons. The average Bonchev–Trinajstić information content (AvgIpc) is 2.87. The Hall–Kier alpha value is -0.840. The van der Waals surface area contributed by atoms with Gasteiger partial charge in [-0.15, -0.1) is 0 Å². The highest BCUT2D eigenvalue weighted by molar-refractivity contribution is 7.22. The van der Waals surface area contributed by atoms with E-state index in [9.17, 15) is 0 Å². The zero-order chi connectivity index (χ0) is 14.7. The van der Waals surface area contributed by atoms with E-state index in [-0.39, 0.29) is 0 Å². The maximum Gasteiger partial charge on any atom is 0.183 e. The molecule has 3 rings (SSSR count). The van der Waals surface area contributed by atoms with Crippen LogP contribution in [0.4, 0.5) is 5.13 Å². The van der Waals surface area contributed by atoms with Crippen LogP contribution < -0.4 is 5.32 Å². The SMILES string of the molecule is CC1CCCCN1CCCNc1nc2cc(Cl)ccc2s1. The molecule has 1 unspecified atom stereocenters. The van der Waals surface area contributed by atoms with Gasteiger partial charge in [0.15, 0.2) is 5.13 Å². The monoisotopic (exact) mass is 323 g/mol. The van der Waals surface area contributed by atoms with Crippen molar-refractivity contribution < 1.29 is 0 Å². The molecule has 1 saturated heterocycles. The molecule has 114 valence electrons. The molecule has 0 amide bonds. The van der Waals surface area contributed by atoms with E-state index >= 15 is 0 Å². The van der Waals surface area contributed by atoms with Crippen LogP contribution in [0.3, 0.4) is 0 Å². The fourth-order valence-corrected chi connectivity index (χ4v) is 3.98. The fourth-order valence-electron chi connectivity index (χ4n) is 2.94. The van der Waals surface area contributed by atoms with Crippen LogP contribution in [0.1, 0.15) is 32.6 Å². The quantitative estimate of drug-likeness (QED) is 0.813. The number of hydrogen-bond acceptors (Lipinski definition) is 4. The first-order valence-corrected chi connectivity index (χ1v) is 8.96. The first-order valence-electron chi connectivity index (χ1n) is 7.76. The lowest BCUT2D eigenvalue weighted by Crippen LogP contribution is -2.38. The van der Waals surface area contributed by atoms with Gasteiger partial charge in [-0.25, -0.2) is 4.98 Å². The average molecular weight is 324 g/mol. The van der Waals surface area contributed by atoms with Crippen LogP contribution in [0, 0.1) is 0 Å². The van der Waals surface area contributed by atoms with Gasteiger partial charge in [0.2, 0.25) is 0 Å². The summed E-state index contributed by atoms with van der Waals surface area (Å²) in [6, 6.07) is 6.64. The van der Waals surface area contributed by atoms with Crippen molar-refractivity contribution in [3.05, 3.63) is 23.2 Å². The van der Waals surface area contributed by atoms with E-state index < -0.39 is 0 Å². The number of piperidine rings is 1. The summed E-state index contributed by atoms with van der Waals surface area (Å²) in [6.45, 7) is 5.78. The molecule has 1 aromatic heterocycles. The summed E-state index contributed by atoms with van der Waals surface area (Å²) in [6.07, 6.45) is 5.27. The van der Waals surface area contributed by atoms with Gasteiger partial charge in [0, 0.05) is 24.2 Å². The van der Waals surface area contributed by atoms with Gasteiger partial charge < -0.3 is 10.2 Å². The van der Waals surface area contributed by atoms with Crippen LogP contribution in [0.2, 0.25) is 5.02 Å². The van der Waals surface area contributed by atoms with Crippen molar-refractivity contribution in [2.24, 2.45) is 0 Å². The van der Waals surface area contributed by atoms with E-state index in [1.165, 1.54) is 43.5 Å². The summed E-state index contributed by atoms with van der Waals surface area (Å²) in [5, 5.41) is 5.19. The molecule has 2 aromatic rings. The van der Waals surface area contributed by atoms with Crippen molar-refractivity contribution >= 4 is 38.3 Å². The second kappa shape index (κ2) is 6.95. The molecule has 1 N–H and O–H groups in total. The third kappa shape index (κ3) is 3.87. The van der Waals surface area contributed by atoms with E-state index in [2.05, 4.69) is 22.1 Å². The molecule has 0 aliphatic carbocycles. The van der Waals surface area contributed by atoms with E-state index in [1.54, 1.807) is 11.3 Å². The largest absolute Gasteiger partial charge is 0.361 e. The molecule has 1 aliphatic rings. The maximum absolute atomic E-state index is 5.99. The van der Waals surface area contributed by atoms with Crippen molar-refractivity contribution in [2.45, 2.75) is 38.6 Å². The number of benzene rings is 1. The fraction of sp³-hybridized carbons (Fsp3) is 0.562. The Kier molecular flexibility index (Phi) is 4.99. The van der Waals surface area contributed by atoms with E-state index in [1.807, 2.05) is 18.2 Å². The van der Waals surface area contributed by atoms with Crippen molar-refractivity contribution in [2.75, 3.05) is 25.0 Å². The molecular formula is C16H22ClN3S. The lowest BCUT2D eigenvalue weighted by Gasteiger charge is -2.33. The molecule has 0 spiro atoms. The van der Waals surface area contributed by atoms with Crippen molar-refractivity contribution in [1.29, 1.82) is 0 Å². The number of thiazole rings is 1. The number of halogens is 1. The molecule has 0 bridgehead atoms. The predicted octanol–water partition coefficient (Wildman–Crippen LogP) is 4.63. The Balaban J connectivity index is 1.48. The number of anilines is 1. The molecule has 1 aromatic carbocycles. The first kappa shape index (κ1) is 15.1. The number of rotatable bonds is 5. The Bertz CT molecular complexity index is 598. The van der Waals surface area contributed by atoms with Crippen LogP contribution in [-0.4, -0.2) is 35.6 Å². The number of nitrogens with one attached hydrogen (secondary N) is 1. The van der Waals surface area contributed by atoms with Crippen LogP contribution >= 0.6 is 22.9 Å². The summed E-state index contributed by atoms with van der Waals surface area (Å²) in [7, 11) is 0. The number of likely N-dealkylation sites (tertiary alicyclic amines) is 1. The van der Waals surface area contributed by atoms with E-state index in [0.717, 1.165) is 28.3 Å². The lowest BCUT2D eigenvalue weighted by atomic mass is 10.0. The summed E-state index contributed by atoms with van der Waals surface area (Å²) in [5.74, 6) is 0. The molecule has 0 saturated carbocycles. The first-order chi connectivity index (χ1) is 10.2. The highest BCUT2D eigenvalue weighted by Crippen LogP contribution is 2.28. The Morgan fingerprint density at radius 2 is 2.33 bits per heavy atom.